The lowest BCUT2D eigenvalue weighted by atomic mass is 10.0. The zero-order valence-corrected chi connectivity index (χ0v) is 22.6. The van der Waals surface area contributed by atoms with Crippen LogP contribution in [0.3, 0.4) is 0 Å². The minimum atomic E-state index is -3.32. The van der Waals surface area contributed by atoms with E-state index in [2.05, 4.69) is 11.6 Å². The van der Waals surface area contributed by atoms with E-state index in [0.717, 1.165) is 24.0 Å². The second-order valence-electron chi connectivity index (χ2n) is 9.85. The number of hydrogen-bond donors (Lipinski definition) is 2. The number of sulfonamides is 1. The number of benzene rings is 2. The number of phenolic OH excluding ortho intramolecular Hbond substituents is 1. The Hall–Kier alpha value is -2.01. The predicted molar refractivity (Wildman–Crippen MR) is 150 cm³/mol. The van der Waals surface area contributed by atoms with Crippen molar-refractivity contribution >= 4 is 15.7 Å². The summed E-state index contributed by atoms with van der Waals surface area (Å²) < 4.78 is 27.5. The number of hydrogen-bond acceptors (Lipinski definition) is 3. The van der Waals surface area contributed by atoms with E-state index in [0.29, 0.717) is 12.1 Å². The Bertz CT molecular complexity index is 892. The average molecular weight is 502 g/mol. The maximum Gasteiger partial charge on any atom is 0.232 e. The molecule has 0 saturated heterocycles. The van der Waals surface area contributed by atoms with Gasteiger partial charge in [0.2, 0.25) is 10.0 Å². The fourth-order valence-electron chi connectivity index (χ4n) is 4.46. The fraction of sp³-hybridized carbons (Fsp3) is 0.600. The molecule has 196 valence electrons. The Balaban J connectivity index is 1.47. The van der Waals surface area contributed by atoms with Crippen molar-refractivity contribution in [2.24, 2.45) is 0 Å². The maximum atomic E-state index is 12.4. The Morgan fingerprint density at radius 1 is 0.571 bits per heavy atom. The first-order chi connectivity index (χ1) is 17.0. The summed E-state index contributed by atoms with van der Waals surface area (Å²) in [5.41, 5.74) is 2.54. The van der Waals surface area contributed by atoms with E-state index in [4.69, 9.17) is 0 Å². The lowest BCUT2D eigenvalue weighted by molar-refractivity contribution is 0.475. The van der Waals surface area contributed by atoms with Crippen LogP contribution in [0.1, 0.15) is 110 Å². The third-order valence-corrected chi connectivity index (χ3v) is 8.00. The van der Waals surface area contributed by atoms with Gasteiger partial charge in [-0.3, -0.25) is 4.72 Å². The molecule has 0 radical (unpaired) electrons. The molecule has 2 aromatic carbocycles. The summed E-state index contributed by atoms with van der Waals surface area (Å²) in [6, 6.07) is 14.3. The summed E-state index contributed by atoms with van der Waals surface area (Å²) in [6.07, 6.45) is 20.5. The molecule has 2 N–H and O–H groups in total. The minimum absolute atomic E-state index is 0.172. The van der Waals surface area contributed by atoms with Crippen molar-refractivity contribution in [3.8, 4) is 16.9 Å². The third kappa shape index (κ3) is 13.6. The molecule has 0 aromatic heterocycles. The fourth-order valence-corrected chi connectivity index (χ4v) is 5.64. The van der Waals surface area contributed by atoms with Gasteiger partial charge in [-0.15, -0.1) is 0 Å². The lowest BCUT2D eigenvalue weighted by Crippen LogP contribution is -2.16. The SMILES string of the molecule is CCCCCCCCCCCCCCCCCCS(=O)(=O)Nc1ccc(-c2ccc(O)cc2)cc1. The topological polar surface area (TPSA) is 66.4 Å². The highest BCUT2D eigenvalue weighted by atomic mass is 32.2. The molecule has 0 spiro atoms. The van der Waals surface area contributed by atoms with E-state index in [1.165, 1.54) is 83.5 Å². The van der Waals surface area contributed by atoms with Gasteiger partial charge in [-0.1, -0.05) is 128 Å². The van der Waals surface area contributed by atoms with Crippen LogP contribution in [0.5, 0.6) is 5.75 Å². The smallest absolute Gasteiger partial charge is 0.232 e. The van der Waals surface area contributed by atoms with Crippen LogP contribution >= 0.6 is 0 Å². The number of aromatic hydroxyl groups is 1. The lowest BCUT2D eigenvalue weighted by Gasteiger charge is -2.09. The first-order valence-electron chi connectivity index (χ1n) is 13.9. The summed E-state index contributed by atoms with van der Waals surface area (Å²) >= 11 is 0. The van der Waals surface area contributed by atoms with Crippen molar-refractivity contribution in [3.05, 3.63) is 48.5 Å². The van der Waals surface area contributed by atoms with Crippen molar-refractivity contribution in [2.45, 2.75) is 110 Å². The number of phenols is 1. The van der Waals surface area contributed by atoms with E-state index in [1.54, 1.807) is 24.3 Å². The molecule has 0 aliphatic rings. The van der Waals surface area contributed by atoms with Gasteiger partial charge in [-0.2, -0.15) is 0 Å². The quantitative estimate of drug-likeness (QED) is 0.178. The molecule has 0 fully saturated rings. The molecule has 0 atom stereocenters. The molecule has 0 aliphatic heterocycles. The number of rotatable bonds is 20. The summed E-state index contributed by atoms with van der Waals surface area (Å²) in [6.45, 7) is 2.27. The van der Waals surface area contributed by atoms with Crippen LogP contribution in [-0.2, 0) is 10.0 Å². The van der Waals surface area contributed by atoms with Gasteiger partial charge >= 0.3 is 0 Å². The van der Waals surface area contributed by atoms with Crippen LogP contribution < -0.4 is 4.72 Å². The summed E-state index contributed by atoms with van der Waals surface area (Å²) in [7, 11) is -3.32. The van der Waals surface area contributed by atoms with E-state index < -0.39 is 10.0 Å². The van der Waals surface area contributed by atoms with Crippen molar-refractivity contribution in [1.29, 1.82) is 0 Å². The highest BCUT2D eigenvalue weighted by molar-refractivity contribution is 7.92. The zero-order valence-electron chi connectivity index (χ0n) is 21.8. The monoisotopic (exact) mass is 501 g/mol. The third-order valence-electron chi connectivity index (χ3n) is 6.63. The van der Waals surface area contributed by atoms with Gasteiger partial charge in [0.05, 0.1) is 5.75 Å². The Morgan fingerprint density at radius 3 is 1.37 bits per heavy atom. The molecular formula is C30H47NO3S. The van der Waals surface area contributed by atoms with Crippen LogP contribution in [0.25, 0.3) is 11.1 Å². The van der Waals surface area contributed by atoms with Gasteiger partial charge in [0, 0.05) is 5.69 Å². The molecule has 0 unspecified atom stereocenters. The average Bonchev–Trinajstić information content (AvgIpc) is 2.84. The highest BCUT2D eigenvalue weighted by Gasteiger charge is 2.10. The van der Waals surface area contributed by atoms with E-state index in [-0.39, 0.29) is 11.5 Å². The number of unbranched alkanes of at least 4 members (excludes halogenated alkanes) is 15. The van der Waals surface area contributed by atoms with Crippen LogP contribution in [-0.4, -0.2) is 19.3 Å². The van der Waals surface area contributed by atoms with Gasteiger partial charge in [-0.25, -0.2) is 8.42 Å². The minimum Gasteiger partial charge on any atom is -0.508 e. The molecule has 2 rings (SSSR count). The van der Waals surface area contributed by atoms with Crippen molar-refractivity contribution < 1.29 is 13.5 Å². The van der Waals surface area contributed by atoms with Crippen molar-refractivity contribution in [1.82, 2.24) is 0 Å². The summed E-state index contributed by atoms with van der Waals surface area (Å²) in [4.78, 5) is 0. The van der Waals surface area contributed by atoms with Crippen molar-refractivity contribution in [3.63, 3.8) is 0 Å². The van der Waals surface area contributed by atoms with Crippen molar-refractivity contribution in [2.75, 3.05) is 10.5 Å². The van der Waals surface area contributed by atoms with E-state index in [1.807, 2.05) is 24.3 Å². The standard InChI is InChI=1S/C30H47NO3S/c1-2-3-4-5-6-7-8-9-10-11-12-13-14-15-16-17-26-35(33,34)31-29-22-18-27(19-23-29)28-20-24-30(32)25-21-28/h18-25,31-32H,2-17,26H2,1H3. The molecule has 4 nitrogen and oxygen atoms in total. The molecule has 0 aliphatic carbocycles. The molecule has 0 bridgehead atoms. The van der Waals surface area contributed by atoms with Gasteiger partial charge in [-0.05, 0) is 41.8 Å². The molecule has 2 aromatic rings. The Morgan fingerprint density at radius 2 is 0.943 bits per heavy atom. The summed E-state index contributed by atoms with van der Waals surface area (Å²) in [5, 5.41) is 9.41. The van der Waals surface area contributed by atoms with Gasteiger partial charge < -0.3 is 5.11 Å². The summed E-state index contributed by atoms with van der Waals surface area (Å²) in [5.74, 6) is 0.401. The molecule has 0 saturated carbocycles. The molecule has 5 heteroatoms. The zero-order chi connectivity index (χ0) is 25.2. The van der Waals surface area contributed by atoms with Gasteiger partial charge in [0.15, 0.2) is 0 Å². The van der Waals surface area contributed by atoms with E-state index in [9.17, 15) is 13.5 Å². The largest absolute Gasteiger partial charge is 0.508 e. The first-order valence-corrected chi connectivity index (χ1v) is 15.6. The van der Waals surface area contributed by atoms with Crippen LogP contribution in [0.2, 0.25) is 0 Å². The number of nitrogens with one attached hydrogen (secondary N) is 1. The van der Waals surface area contributed by atoms with Crippen LogP contribution in [0, 0.1) is 0 Å². The van der Waals surface area contributed by atoms with Crippen LogP contribution in [0.4, 0.5) is 5.69 Å². The van der Waals surface area contributed by atoms with Gasteiger partial charge in [0.25, 0.3) is 0 Å². The first kappa shape index (κ1) is 29.2. The molecule has 0 heterocycles. The Labute approximate surface area is 214 Å². The normalized spacial score (nSPS) is 11.6. The van der Waals surface area contributed by atoms with Gasteiger partial charge in [0.1, 0.15) is 5.75 Å². The molecule has 35 heavy (non-hydrogen) atoms. The second-order valence-corrected chi connectivity index (χ2v) is 11.7. The predicted octanol–water partition coefficient (Wildman–Crippen LogP) is 9.06. The van der Waals surface area contributed by atoms with E-state index >= 15 is 0 Å². The molecule has 0 amide bonds. The second kappa shape index (κ2) is 17.4. The number of anilines is 1. The Kier molecular flexibility index (Phi) is 14.5. The van der Waals surface area contributed by atoms with Crippen LogP contribution in [0.15, 0.2) is 48.5 Å². The molecular weight excluding hydrogens is 454 g/mol. The maximum absolute atomic E-state index is 12.4. The highest BCUT2D eigenvalue weighted by Crippen LogP contribution is 2.24.